The molecule has 0 heterocycles. The van der Waals surface area contributed by atoms with Gasteiger partial charge in [0, 0.05) is 11.5 Å². The summed E-state index contributed by atoms with van der Waals surface area (Å²) in [5.41, 5.74) is -0.636. The van der Waals surface area contributed by atoms with E-state index in [0.29, 0.717) is 24.0 Å². The highest BCUT2D eigenvalue weighted by molar-refractivity contribution is 7.99. The van der Waals surface area contributed by atoms with Gasteiger partial charge < -0.3 is 20.3 Å². The first-order valence-corrected chi connectivity index (χ1v) is 7.46. The van der Waals surface area contributed by atoms with Crippen molar-refractivity contribution in [3.05, 3.63) is 0 Å². The van der Waals surface area contributed by atoms with Gasteiger partial charge in [0.05, 0.1) is 19.8 Å². The maximum atomic E-state index is 12.0. The number of carbonyl (C=O) groups excluding carboxylic acids is 1. The summed E-state index contributed by atoms with van der Waals surface area (Å²) >= 11 is 1.47. The lowest BCUT2D eigenvalue weighted by Crippen LogP contribution is -2.57. The fraction of sp³-hybridized carbons (Fsp3) is 0.917. The van der Waals surface area contributed by atoms with Crippen LogP contribution in [0, 0.1) is 5.92 Å². The van der Waals surface area contributed by atoms with Crippen LogP contribution in [0.25, 0.3) is 0 Å². The molecule has 1 fully saturated rings. The Kier molecular flexibility index (Phi) is 6.42. The Labute approximate surface area is 112 Å². The van der Waals surface area contributed by atoms with E-state index in [9.17, 15) is 9.90 Å². The maximum absolute atomic E-state index is 12.0. The third-order valence-corrected chi connectivity index (χ3v) is 4.45. The molecule has 1 aliphatic rings. The Morgan fingerprint density at radius 1 is 1.61 bits per heavy atom. The largest absolute Gasteiger partial charge is 0.468 e. The van der Waals surface area contributed by atoms with Gasteiger partial charge in [-0.05, 0) is 25.3 Å². The van der Waals surface area contributed by atoms with Crippen LogP contribution in [0.2, 0.25) is 0 Å². The molecule has 5 nitrogen and oxygen atoms in total. The summed E-state index contributed by atoms with van der Waals surface area (Å²) in [6.07, 6.45) is 1.34. The second-order valence-electron chi connectivity index (χ2n) is 4.62. The number of likely N-dealkylation sites (N-methyl/N-ethyl adjacent to an activating group) is 1. The lowest BCUT2D eigenvalue weighted by Gasteiger charge is -2.32. The number of hydrogen-bond donors (Lipinski definition) is 3. The average molecular weight is 277 g/mol. The molecule has 18 heavy (non-hydrogen) atoms. The minimum atomic E-state index is -0.730. The van der Waals surface area contributed by atoms with Crippen molar-refractivity contribution in [2.24, 2.45) is 5.92 Å². The Morgan fingerprint density at radius 3 is 2.72 bits per heavy atom. The van der Waals surface area contributed by atoms with Gasteiger partial charge >= 0.3 is 5.97 Å². The molecule has 0 aliphatic heterocycles. The normalized spacial score (nSPS) is 20.2. The van der Waals surface area contributed by atoms with E-state index in [1.807, 2.05) is 6.92 Å². The Morgan fingerprint density at radius 2 is 2.28 bits per heavy atom. The first-order chi connectivity index (χ1) is 8.60. The number of aliphatic hydroxyl groups excluding tert-OH is 2. The predicted molar refractivity (Wildman–Crippen MR) is 71.6 cm³/mol. The maximum Gasteiger partial charge on any atom is 0.327 e. The molecule has 1 rings (SSSR count). The van der Waals surface area contributed by atoms with Crippen molar-refractivity contribution in [3.63, 3.8) is 0 Å². The number of carbonyl (C=O) groups is 1. The van der Waals surface area contributed by atoms with Crippen LogP contribution >= 0.6 is 11.8 Å². The van der Waals surface area contributed by atoms with Crippen LogP contribution in [-0.2, 0) is 9.53 Å². The molecule has 6 heteroatoms. The van der Waals surface area contributed by atoms with Gasteiger partial charge in [0.15, 0.2) is 0 Å². The molecule has 106 valence electrons. The number of thioether (sulfide) groups is 1. The molecule has 0 saturated heterocycles. The molecular weight excluding hydrogens is 254 g/mol. The van der Waals surface area contributed by atoms with Crippen LogP contribution in [0.5, 0.6) is 0 Å². The van der Waals surface area contributed by atoms with E-state index >= 15 is 0 Å². The van der Waals surface area contributed by atoms with Crippen molar-refractivity contribution < 1.29 is 19.7 Å². The van der Waals surface area contributed by atoms with E-state index in [1.165, 1.54) is 18.9 Å². The molecule has 3 N–H and O–H groups in total. The van der Waals surface area contributed by atoms with Gasteiger partial charge in [-0.1, -0.05) is 6.92 Å². The molecular formula is C12H23NO4S. The second-order valence-corrected chi connectivity index (χ2v) is 5.65. The molecule has 0 aromatic carbocycles. The van der Waals surface area contributed by atoms with Crippen molar-refractivity contribution in [1.29, 1.82) is 0 Å². The molecule has 1 saturated carbocycles. The third kappa shape index (κ3) is 3.85. The highest BCUT2D eigenvalue weighted by atomic mass is 32.2. The number of hydrogen-bond acceptors (Lipinski definition) is 6. The van der Waals surface area contributed by atoms with E-state index in [2.05, 4.69) is 5.32 Å². The molecule has 0 spiro atoms. The smallest absolute Gasteiger partial charge is 0.327 e. The zero-order valence-corrected chi connectivity index (χ0v) is 11.8. The van der Waals surface area contributed by atoms with Crippen LogP contribution in [-0.4, -0.2) is 59.6 Å². The highest BCUT2D eigenvalue weighted by Crippen LogP contribution is 2.42. The molecule has 0 radical (unpaired) electrons. The summed E-state index contributed by atoms with van der Waals surface area (Å²) in [7, 11) is 1.41. The number of nitrogens with one attached hydrogen (secondary N) is 1. The van der Waals surface area contributed by atoms with Crippen molar-refractivity contribution in [2.45, 2.75) is 31.4 Å². The first kappa shape index (κ1) is 15.8. The van der Waals surface area contributed by atoms with Gasteiger partial charge in [-0.2, -0.15) is 11.8 Å². The van der Waals surface area contributed by atoms with E-state index in [4.69, 9.17) is 9.84 Å². The minimum absolute atomic E-state index is 0.224. The summed E-state index contributed by atoms with van der Waals surface area (Å²) < 4.78 is 4.93. The molecule has 0 bridgehead atoms. The summed E-state index contributed by atoms with van der Waals surface area (Å²) in [4.78, 5) is 12.0. The summed E-state index contributed by atoms with van der Waals surface area (Å²) in [5, 5.41) is 21.4. The monoisotopic (exact) mass is 277 g/mol. The van der Waals surface area contributed by atoms with E-state index in [0.717, 1.165) is 12.8 Å². The standard InChI is InChI=1S/C12H23NO4S/c1-3-13-12(9-4-5-9,11(16)17-2)8-18-7-10(15)6-14/h9-10,13-15H,3-8H2,1-2H3. The summed E-state index contributed by atoms with van der Waals surface area (Å²) in [6, 6.07) is 0. The lowest BCUT2D eigenvalue weighted by atomic mass is 9.95. The van der Waals surface area contributed by atoms with Gasteiger partial charge in [-0.3, -0.25) is 4.79 Å². The van der Waals surface area contributed by atoms with Gasteiger partial charge in [0.1, 0.15) is 5.54 Å². The SMILES string of the molecule is CCNC(CSCC(O)CO)(C(=O)OC)C1CC1. The van der Waals surface area contributed by atoms with E-state index in [-0.39, 0.29) is 12.6 Å². The lowest BCUT2D eigenvalue weighted by molar-refractivity contribution is -0.148. The highest BCUT2D eigenvalue weighted by Gasteiger charge is 2.51. The Balaban J connectivity index is 2.61. The van der Waals surface area contributed by atoms with Crippen molar-refractivity contribution in [2.75, 3.05) is 31.8 Å². The van der Waals surface area contributed by atoms with Crippen LogP contribution in [0.1, 0.15) is 19.8 Å². The fourth-order valence-corrected chi connectivity index (χ4v) is 3.37. The first-order valence-electron chi connectivity index (χ1n) is 6.30. The molecule has 0 aromatic rings. The molecule has 2 unspecified atom stereocenters. The Bertz CT molecular complexity index is 273. The molecule has 1 aliphatic carbocycles. The average Bonchev–Trinajstić information content (AvgIpc) is 3.20. The van der Waals surface area contributed by atoms with Crippen LogP contribution in [0.4, 0.5) is 0 Å². The van der Waals surface area contributed by atoms with E-state index < -0.39 is 11.6 Å². The van der Waals surface area contributed by atoms with Crippen molar-refractivity contribution >= 4 is 17.7 Å². The quantitative estimate of drug-likeness (QED) is 0.515. The predicted octanol–water partition coefficient (Wildman–Crippen LogP) is 0.00410. The number of rotatable bonds is 9. The van der Waals surface area contributed by atoms with E-state index in [1.54, 1.807) is 0 Å². The third-order valence-electron chi connectivity index (χ3n) is 3.17. The number of esters is 1. The number of aliphatic hydroxyl groups is 2. The minimum Gasteiger partial charge on any atom is -0.468 e. The van der Waals surface area contributed by atoms with Gasteiger partial charge in [-0.25, -0.2) is 0 Å². The number of methoxy groups -OCH3 is 1. The Hall–Kier alpha value is -0.300. The molecule has 0 aromatic heterocycles. The van der Waals surface area contributed by atoms with Crippen molar-refractivity contribution in [1.82, 2.24) is 5.32 Å². The topological polar surface area (TPSA) is 78.8 Å². The van der Waals surface area contributed by atoms with Gasteiger partial charge in [0.25, 0.3) is 0 Å². The molecule has 0 amide bonds. The fourth-order valence-electron chi connectivity index (χ4n) is 2.09. The van der Waals surface area contributed by atoms with Crippen LogP contribution in [0.3, 0.4) is 0 Å². The molecule has 2 atom stereocenters. The summed E-state index contributed by atoms with van der Waals surface area (Å²) in [6.45, 7) is 2.42. The zero-order valence-electron chi connectivity index (χ0n) is 11.0. The van der Waals surface area contributed by atoms with Crippen LogP contribution in [0.15, 0.2) is 0 Å². The van der Waals surface area contributed by atoms with Gasteiger partial charge in [-0.15, -0.1) is 0 Å². The second kappa shape index (κ2) is 7.33. The van der Waals surface area contributed by atoms with Crippen molar-refractivity contribution in [3.8, 4) is 0 Å². The summed E-state index contributed by atoms with van der Waals surface area (Å²) in [5.74, 6) is 1.09. The van der Waals surface area contributed by atoms with Gasteiger partial charge in [0.2, 0.25) is 0 Å². The zero-order chi connectivity index (χ0) is 13.6. The number of ether oxygens (including phenoxy) is 1. The van der Waals surface area contributed by atoms with Crippen LogP contribution < -0.4 is 5.32 Å².